The average Bonchev–Trinajstić information content (AvgIpc) is 2.89. The average molecular weight is 564 g/mol. The molecule has 0 radical (unpaired) electrons. The van der Waals surface area contributed by atoms with Crippen molar-refractivity contribution in [1.29, 1.82) is 0 Å². The zero-order chi connectivity index (χ0) is 30.9. The molecule has 0 aliphatic carbocycles. The number of ketones is 6. The number of aromatic nitrogens is 2. The Bertz CT molecular complexity index is 1740. The maximum Gasteiger partial charge on any atom is 0.373 e. The van der Waals surface area contributed by atoms with Crippen LogP contribution in [0.2, 0.25) is 0 Å². The Balaban J connectivity index is 2.85. The fourth-order valence-electron chi connectivity index (χ4n) is 4.84. The summed E-state index contributed by atoms with van der Waals surface area (Å²) in [5.74, 6) is -21.1. The second kappa shape index (κ2) is 11.3. The molecule has 3 unspecified atom stereocenters. The van der Waals surface area contributed by atoms with Crippen molar-refractivity contribution in [2.24, 2.45) is 0 Å². The van der Waals surface area contributed by atoms with Crippen LogP contribution in [0.3, 0.4) is 0 Å². The number of carbonyl (C=O) groups is 9. The molecule has 0 saturated heterocycles. The standard InChI is InChI=1S/C27H20N2O12/c1-9(30)14(22(33)25(36)37)12-6-8-29-21-18(12)19(16(11(3)32)24(35)27(40)41)17(13-5-4-7-28-20(13)21)15(10(2)31)23(34)26(38)39/h4-8,14-16H,1-3H3,(H,36,37)(H,38,39)(H,40,41). The van der Waals surface area contributed by atoms with Crippen LogP contribution < -0.4 is 0 Å². The third-order valence-electron chi connectivity index (χ3n) is 6.39. The molecule has 14 nitrogen and oxygen atoms in total. The summed E-state index contributed by atoms with van der Waals surface area (Å²) < 4.78 is 0. The van der Waals surface area contributed by atoms with Gasteiger partial charge in [0.15, 0.2) is 0 Å². The number of pyridine rings is 2. The van der Waals surface area contributed by atoms with Crippen molar-refractivity contribution in [3.63, 3.8) is 0 Å². The molecule has 2 heterocycles. The minimum absolute atomic E-state index is 0.150. The second-order valence-corrected chi connectivity index (χ2v) is 8.99. The maximum absolute atomic E-state index is 13.0. The van der Waals surface area contributed by atoms with Gasteiger partial charge in [-0.1, -0.05) is 6.07 Å². The lowest BCUT2D eigenvalue weighted by Gasteiger charge is -2.26. The molecule has 0 saturated carbocycles. The van der Waals surface area contributed by atoms with Gasteiger partial charge in [-0.15, -0.1) is 0 Å². The van der Waals surface area contributed by atoms with Crippen molar-refractivity contribution in [3.05, 3.63) is 47.3 Å². The van der Waals surface area contributed by atoms with Gasteiger partial charge < -0.3 is 15.3 Å². The summed E-state index contributed by atoms with van der Waals surface area (Å²) in [6, 6.07) is 3.58. The van der Waals surface area contributed by atoms with E-state index in [1.165, 1.54) is 18.3 Å². The van der Waals surface area contributed by atoms with E-state index in [0.29, 0.717) is 0 Å². The minimum atomic E-state index is -2.31. The number of nitrogens with zero attached hydrogens (tertiary/aromatic N) is 2. The van der Waals surface area contributed by atoms with Crippen LogP contribution in [-0.2, 0) is 43.2 Å². The Labute approximate surface area is 229 Å². The Morgan fingerprint density at radius 3 is 1.49 bits per heavy atom. The quantitative estimate of drug-likeness (QED) is 0.156. The highest BCUT2D eigenvalue weighted by Gasteiger charge is 2.43. The minimum Gasteiger partial charge on any atom is -0.475 e. The Kier molecular flexibility index (Phi) is 8.27. The fourth-order valence-corrected chi connectivity index (χ4v) is 4.84. The molecule has 3 rings (SSSR count). The van der Waals surface area contributed by atoms with Gasteiger partial charge in [-0.3, -0.25) is 38.7 Å². The predicted molar refractivity (Wildman–Crippen MR) is 135 cm³/mol. The summed E-state index contributed by atoms with van der Waals surface area (Å²) in [6.45, 7) is 2.55. The number of aliphatic carboxylic acids is 3. The van der Waals surface area contributed by atoms with Crippen LogP contribution in [0.5, 0.6) is 0 Å². The van der Waals surface area contributed by atoms with E-state index in [-0.39, 0.29) is 16.4 Å². The molecule has 0 fully saturated rings. The van der Waals surface area contributed by atoms with Gasteiger partial charge in [-0.2, -0.15) is 0 Å². The lowest BCUT2D eigenvalue weighted by molar-refractivity contribution is -0.151. The van der Waals surface area contributed by atoms with Crippen LogP contribution in [-0.4, -0.2) is 77.9 Å². The number of hydrogen-bond acceptors (Lipinski definition) is 11. The van der Waals surface area contributed by atoms with Gasteiger partial charge in [0.2, 0.25) is 0 Å². The molecule has 0 spiro atoms. The summed E-state index contributed by atoms with van der Waals surface area (Å²) in [5.41, 5.74) is -2.14. The SMILES string of the molecule is CC(=O)C(C(=O)C(=O)O)c1c(C(C(C)=O)C(=O)C(=O)O)c2c(C(C(C)=O)C(=O)C(=O)O)ccnc2c2ncccc12. The molecule has 210 valence electrons. The predicted octanol–water partition coefficient (Wildman–Crippen LogP) is 0.762. The number of Topliss-reactive ketones (excluding diaryl/α,β-unsaturated/α-hetero) is 6. The monoisotopic (exact) mass is 564 g/mol. The van der Waals surface area contributed by atoms with Gasteiger partial charge in [0, 0.05) is 23.2 Å². The highest BCUT2D eigenvalue weighted by molar-refractivity contribution is 6.43. The maximum atomic E-state index is 13.0. The van der Waals surface area contributed by atoms with Crippen LogP contribution in [0.15, 0.2) is 30.6 Å². The molecule has 3 aromatic rings. The van der Waals surface area contributed by atoms with E-state index in [4.69, 9.17) is 0 Å². The summed E-state index contributed by atoms with van der Waals surface area (Å²) in [4.78, 5) is 121. The van der Waals surface area contributed by atoms with Crippen molar-refractivity contribution in [2.45, 2.75) is 38.5 Å². The van der Waals surface area contributed by atoms with Crippen LogP contribution in [0.4, 0.5) is 0 Å². The van der Waals surface area contributed by atoms with Crippen molar-refractivity contribution >= 4 is 74.4 Å². The van der Waals surface area contributed by atoms with Gasteiger partial charge in [-0.05, 0) is 49.6 Å². The largest absolute Gasteiger partial charge is 0.475 e. The van der Waals surface area contributed by atoms with Crippen molar-refractivity contribution in [3.8, 4) is 0 Å². The second-order valence-electron chi connectivity index (χ2n) is 8.99. The molecule has 0 aliphatic rings. The van der Waals surface area contributed by atoms with E-state index in [9.17, 15) is 58.5 Å². The summed E-state index contributed by atoms with van der Waals surface area (Å²) in [6.07, 6.45) is 2.30. The molecule has 1 aromatic carbocycles. The molecule has 0 aliphatic heterocycles. The van der Waals surface area contributed by atoms with Gasteiger partial charge in [0.25, 0.3) is 17.3 Å². The zero-order valence-electron chi connectivity index (χ0n) is 21.5. The topological polar surface area (TPSA) is 240 Å². The van der Waals surface area contributed by atoms with E-state index in [1.54, 1.807) is 0 Å². The van der Waals surface area contributed by atoms with E-state index in [0.717, 1.165) is 33.0 Å². The third kappa shape index (κ3) is 5.22. The number of benzene rings is 1. The van der Waals surface area contributed by atoms with Gasteiger partial charge in [0.1, 0.15) is 35.1 Å². The highest BCUT2D eigenvalue weighted by Crippen LogP contribution is 2.43. The van der Waals surface area contributed by atoms with Crippen LogP contribution in [0.1, 0.15) is 55.2 Å². The van der Waals surface area contributed by atoms with Gasteiger partial charge in [-0.25, -0.2) is 14.4 Å². The molecule has 3 atom stereocenters. The van der Waals surface area contributed by atoms with Gasteiger partial charge in [0.05, 0.1) is 11.0 Å². The molecule has 41 heavy (non-hydrogen) atoms. The zero-order valence-corrected chi connectivity index (χ0v) is 21.5. The van der Waals surface area contributed by atoms with Crippen molar-refractivity contribution in [1.82, 2.24) is 9.97 Å². The molecule has 3 N–H and O–H groups in total. The van der Waals surface area contributed by atoms with E-state index in [1.807, 2.05) is 0 Å². The number of hydrogen-bond donors (Lipinski definition) is 3. The summed E-state index contributed by atoms with van der Waals surface area (Å²) >= 11 is 0. The number of carboxylic acids is 3. The van der Waals surface area contributed by atoms with Crippen LogP contribution in [0.25, 0.3) is 21.8 Å². The molecular weight excluding hydrogens is 544 g/mol. The Morgan fingerprint density at radius 2 is 1.02 bits per heavy atom. The molecular formula is C27H20N2O12. The number of carbonyl (C=O) groups excluding carboxylic acids is 6. The summed E-state index contributed by atoms with van der Waals surface area (Å²) in [7, 11) is 0. The lowest BCUT2D eigenvalue weighted by atomic mass is 9.74. The molecule has 0 amide bonds. The highest BCUT2D eigenvalue weighted by atomic mass is 16.4. The van der Waals surface area contributed by atoms with Crippen molar-refractivity contribution in [2.75, 3.05) is 0 Å². The molecule has 14 heteroatoms. The first-order valence-electron chi connectivity index (χ1n) is 11.6. The first-order chi connectivity index (χ1) is 19.1. The summed E-state index contributed by atoms with van der Waals surface area (Å²) in [5, 5.41) is 27.9. The van der Waals surface area contributed by atoms with E-state index < -0.39 is 92.4 Å². The molecule has 2 aromatic heterocycles. The normalized spacial score (nSPS) is 13.1. The number of rotatable bonds is 12. The van der Waals surface area contributed by atoms with E-state index in [2.05, 4.69) is 9.97 Å². The number of fused-ring (bicyclic) bond motifs is 3. The Morgan fingerprint density at radius 1 is 0.585 bits per heavy atom. The smallest absolute Gasteiger partial charge is 0.373 e. The third-order valence-corrected chi connectivity index (χ3v) is 6.39. The van der Waals surface area contributed by atoms with Crippen molar-refractivity contribution < 1.29 is 58.5 Å². The first-order valence-corrected chi connectivity index (χ1v) is 11.6. The van der Waals surface area contributed by atoms with Crippen LogP contribution in [0, 0.1) is 0 Å². The van der Waals surface area contributed by atoms with Crippen LogP contribution >= 0.6 is 0 Å². The lowest BCUT2D eigenvalue weighted by Crippen LogP contribution is -2.33. The Hall–Kier alpha value is -5.53. The fraction of sp³-hybridized carbons (Fsp3) is 0.222. The molecule has 0 bridgehead atoms. The first kappa shape index (κ1) is 30.0. The number of carboxylic acid groups (broad SMARTS) is 3. The van der Waals surface area contributed by atoms with E-state index >= 15 is 0 Å². The van der Waals surface area contributed by atoms with Gasteiger partial charge >= 0.3 is 17.9 Å².